The lowest BCUT2D eigenvalue weighted by Gasteiger charge is -2.19. The summed E-state index contributed by atoms with van der Waals surface area (Å²) in [5, 5.41) is 3.11. The van der Waals surface area contributed by atoms with Gasteiger partial charge in [0.25, 0.3) is 0 Å². The largest absolute Gasteiger partial charge is 0.374 e. The monoisotopic (exact) mass is 264 g/mol. The van der Waals surface area contributed by atoms with E-state index in [1.165, 1.54) is 0 Å². The molecule has 1 N–H and O–H groups in total. The molecule has 3 nitrogen and oxygen atoms in total. The number of nitrogens with one attached hydrogen (secondary N) is 1. The molecule has 1 heterocycles. The number of nitrogens with zero attached hydrogens (tertiary/aromatic N) is 1. The fourth-order valence-corrected chi connectivity index (χ4v) is 1.71. The summed E-state index contributed by atoms with van der Waals surface area (Å²) < 4.78 is 5.83. The Kier molecular flexibility index (Phi) is 7.22. The highest BCUT2D eigenvalue weighted by molar-refractivity contribution is 7.80. The molecular weight excluding hydrogens is 244 g/mol. The molecule has 0 saturated carbocycles. The van der Waals surface area contributed by atoms with Gasteiger partial charge in [0, 0.05) is 19.3 Å². The molecule has 0 amide bonds. The van der Waals surface area contributed by atoms with Crippen molar-refractivity contribution in [1.82, 2.24) is 10.3 Å². The van der Waals surface area contributed by atoms with E-state index < -0.39 is 0 Å². The second-order valence-electron chi connectivity index (χ2n) is 3.89. The Morgan fingerprint density at radius 3 is 3.06 bits per heavy atom. The fraction of sp³-hybridized carbons (Fsp3) is 0.429. The average molecular weight is 264 g/mol. The zero-order valence-electron chi connectivity index (χ0n) is 10.8. The molecule has 0 aromatic carbocycles. The van der Waals surface area contributed by atoms with E-state index in [-0.39, 0.29) is 6.10 Å². The van der Waals surface area contributed by atoms with Crippen molar-refractivity contribution >= 4 is 17.2 Å². The lowest BCUT2D eigenvalue weighted by molar-refractivity contribution is 0.0924. The van der Waals surface area contributed by atoms with E-state index in [4.69, 9.17) is 17.0 Å². The Bertz CT molecular complexity index is 367. The van der Waals surface area contributed by atoms with E-state index >= 15 is 0 Å². The van der Waals surface area contributed by atoms with Gasteiger partial charge in [0.15, 0.2) is 0 Å². The number of rotatable bonds is 8. The maximum Gasteiger partial charge on any atom is 0.149 e. The van der Waals surface area contributed by atoms with Crippen molar-refractivity contribution in [3.8, 4) is 0 Å². The molecule has 0 fully saturated rings. The van der Waals surface area contributed by atoms with Crippen molar-refractivity contribution in [2.24, 2.45) is 0 Å². The maximum atomic E-state index is 5.83. The lowest BCUT2D eigenvalue weighted by Crippen LogP contribution is -2.30. The van der Waals surface area contributed by atoms with Crippen molar-refractivity contribution < 1.29 is 4.74 Å². The van der Waals surface area contributed by atoms with Crippen LogP contribution in [0.15, 0.2) is 37.1 Å². The molecule has 0 bridgehead atoms. The number of thiocarbonyl (C=S) groups is 1. The van der Waals surface area contributed by atoms with Crippen molar-refractivity contribution in [3.05, 3.63) is 42.7 Å². The Balaban J connectivity index is 2.68. The lowest BCUT2D eigenvalue weighted by atomic mass is 10.2. The minimum Gasteiger partial charge on any atom is -0.374 e. The van der Waals surface area contributed by atoms with Gasteiger partial charge in [-0.15, -0.1) is 6.58 Å². The van der Waals surface area contributed by atoms with E-state index in [1.807, 2.05) is 18.2 Å². The normalized spacial score (nSPS) is 11.8. The third-order valence-electron chi connectivity index (χ3n) is 2.40. The summed E-state index contributed by atoms with van der Waals surface area (Å²) in [6, 6.07) is 5.75. The van der Waals surface area contributed by atoms with Gasteiger partial charge in [-0.2, -0.15) is 0 Å². The van der Waals surface area contributed by atoms with E-state index in [1.54, 1.807) is 12.3 Å². The zero-order chi connectivity index (χ0) is 13.2. The summed E-state index contributed by atoms with van der Waals surface area (Å²) in [6.45, 7) is 7.12. The van der Waals surface area contributed by atoms with E-state index in [0.29, 0.717) is 18.1 Å². The quantitative estimate of drug-likeness (QED) is 0.444. The van der Waals surface area contributed by atoms with Crippen LogP contribution < -0.4 is 5.32 Å². The molecule has 0 aliphatic carbocycles. The molecular formula is C14H20N2OS. The topological polar surface area (TPSA) is 34.1 Å². The summed E-state index contributed by atoms with van der Waals surface area (Å²) in [4.78, 5) is 4.97. The van der Waals surface area contributed by atoms with Crippen molar-refractivity contribution in [2.75, 3.05) is 13.2 Å². The van der Waals surface area contributed by atoms with Crippen LogP contribution in [-0.2, 0) is 4.74 Å². The Labute approximate surface area is 114 Å². The fourth-order valence-electron chi connectivity index (χ4n) is 1.44. The Hall–Kier alpha value is -1.26. The first-order valence-corrected chi connectivity index (χ1v) is 6.61. The number of hydrogen-bond donors (Lipinski definition) is 1. The van der Waals surface area contributed by atoms with Crippen molar-refractivity contribution in [2.45, 2.75) is 25.9 Å². The number of unbranched alkanes of at least 4 members (excludes halogenated alkanes) is 1. The number of aromatic nitrogens is 1. The Morgan fingerprint density at radius 1 is 1.61 bits per heavy atom. The van der Waals surface area contributed by atoms with Crippen LogP contribution in [0.3, 0.4) is 0 Å². The summed E-state index contributed by atoms with van der Waals surface area (Å²) in [7, 11) is 0. The van der Waals surface area contributed by atoms with Gasteiger partial charge in [-0.05, 0) is 18.6 Å². The minimum atomic E-state index is -0.271. The van der Waals surface area contributed by atoms with Crippen molar-refractivity contribution in [1.29, 1.82) is 0 Å². The molecule has 0 saturated heterocycles. The van der Waals surface area contributed by atoms with Gasteiger partial charge in [-0.25, -0.2) is 0 Å². The van der Waals surface area contributed by atoms with Gasteiger partial charge in [-0.3, -0.25) is 4.98 Å². The molecule has 1 aromatic heterocycles. The van der Waals surface area contributed by atoms with Gasteiger partial charge in [0.2, 0.25) is 0 Å². The first-order chi connectivity index (χ1) is 8.79. The average Bonchev–Trinajstić information content (AvgIpc) is 2.42. The van der Waals surface area contributed by atoms with Crippen molar-refractivity contribution in [3.63, 3.8) is 0 Å². The van der Waals surface area contributed by atoms with Crippen LogP contribution in [0.5, 0.6) is 0 Å². The molecule has 0 radical (unpaired) electrons. The highest BCUT2D eigenvalue weighted by atomic mass is 32.1. The first kappa shape index (κ1) is 14.8. The SMILES string of the molecule is C=CCNC(=S)C(OCCCC)c1ccccn1. The van der Waals surface area contributed by atoms with Crippen LogP contribution in [-0.4, -0.2) is 23.1 Å². The number of ether oxygens (including phenoxy) is 1. The van der Waals surface area contributed by atoms with E-state index in [2.05, 4.69) is 23.8 Å². The molecule has 0 aliphatic heterocycles. The number of pyridine rings is 1. The van der Waals surface area contributed by atoms with Crippen LogP contribution in [0.4, 0.5) is 0 Å². The molecule has 1 atom stereocenters. The molecule has 1 unspecified atom stereocenters. The summed E-state index contributed by atoms with van der Waals surface area (Å²) in [5.74, 6) is 0. The second-order valence-corrected chi connectivity index (χ2v) is 4.33. The second kappa shape index (κ2) is 8.78. The maximum absolute atomic E-state index is 5.83. The standard InChI is InChI=1S/C14H20N2OS/c1-3-5-11-17-13(14(18)16-9-4-2)12-8-6-7-10-15-12/h4,6-8,10,13H,2-3,5,9,11H2,1H3,(H,16,18). The smallest absolute Gasteiger partial charge is 0.149 e. The number of hydrogen-bond acceptors (Lipinski definition) is 3. The predicted octanol–water partition coefficient (Wildman–Crippen LogP) is 3.04. The molecule has 4 heteroatoms. The third kappa shape index (κ3) is 4.94. The van der Waals surface area contributed by atoms with Gasteiger partial charge < -0.3 is 10.1 Å². The summed E-state index contributed by atoms with van der Waals surface area (Å²) in [5.41, 5.74) is 0.843. The summed E-state index contributed by atoms with van der Waals surface area (Å²) >= 11 is 5.35. The van der Waals surface area contributed by atoms with Crippen LogP contribution >= 0.6 is 12.2 Å². The van der Waals surface area contributed by atoms with E-state index in [0.717, 1.165) is 18.5 Å². The molecule has 0 spiro atoms. The highest BCUT2D eigenvalue weighted by Crippen LogP contribution is 2.16. The highest BCUT2D eigenvalue weighted by Gasteiger charge is 2.18. The Morgan fingerprint density at radius 2 is 2.44 bits per heavy atom. The molecule has 1 aromatic rings. The molecule has 0 aliphatic rings. The minimum absolute atomic E-state index is 0.271. The predicted molar refractivity (Wildman–Crippen MR) is 78.6 cm³/mol. The first-order valence-electron chi connectivity index (χ1n) is 6.20. The van der Waals surface area contributed by atoms with Gasteiger partial charge in [0.1, 0.15) is 11.1 Å². The van der Waals surface area contributed by atoms with E-state index in [9.17, 15) is 0 Å². The van der Waals surface area contributed by atoms with Crippen LogP contribution in [0.25, 0.3) is 0 Å². The third-order valence-corrected chi connectivity index (χ3v) is 2.76. The molecule has 98 valence electrons. The van der Waals surface area contributed by atoms with Crippen LogP contribution in [0.2, 0.25) is 0 Å². The van der Waals surface area contributed by atoms with Gasteiger partial charge in [-0.1, -0.05) is 37.7 Å². The van der Waals surface area contributed by atoms with Crippen LogP contribution in [0.1, 0.15) is 31.6 Å². The van der Waals surface area contributed by atoms with Crippen LogP contribution in [0, 0.1) is 0 Å². The van der Waals surface area contributed by atoms with Gasteiger partial charge in [0.05, 0.1) is 5.69 Å². The molecule has 1 rings (SSSR count). The molecule has 18 heavy (non-hydrogen) atoms. The zero-order valence-corrected chi connectivity index (χ0v) is 11.6. The summed E-state index contributed by atoms with van der Waals surface area (Å²) in [6.07, 6.45) is 5.37. The van der Waals surface area contributed by atoms with Gasteiger partial charge >= 0.3 is 0 Å².